The molecule has 5 nitrogen and oxygen atoms in total. The first-order valence-corrected chi connectivity index (χ1v) is 6.45. The third-order valence-electron chi connectivity index (χ3n) is 3.08. The standard InChI is InChI=1S/C14H9ClFN3O2/c15-9-5-11-7(4-13(20)18-11)3-12(9)19-14(21)8-1-2-17-6-10(8)16/h1-3,5-6H,4H2,(H,18,20)(H,19,21). The number of halogens is 2. The Morgan fingerprint density at radius 2 is 2.24 bits per heavy atom. The van der Waals surface area contributed by atoms with Crippen LogP contribution in [0.4, 0.5) is 15.8 Å². The Kier molecular flexibility index (Phi) is 3.31. The van der Waals surface area contributed by atoms with Crippen molar-refractivity contribution in [3.05, 3.63) is 52.6 Å². The van der Waals surface area contributed by atoms with E-state index in [1.165, 1.54) is 12.3 Å². The van der Waals surface area contributed by atoms with Crippen molar-refractivity contribution in [1.29, 1.82) is 0 Å². The van der Waals surface area contributed by atoms with E-state index in [1.54, 1.807) is 12.1 Å². The molecule has 7 heteroatoms. The predicted octanol–water partition coefficient (Wildman–Crippen LogP) is 2.62. The minimum atomic E-state index is -0.718. The molecule has 0 saturated carbocycles. The summed E-state index contributed by atoms with van der Waals surface area (Å²) >= 11 is 6.05. The van der Waals surface area contributed by atoms with Gasteiger partial charge in [-0.15, -0.1) is 0 Å². The number of anilines is 2. The van der Waals surface area contributed by atoms with Gasteiger partial charge >= 0.3 is 0 Å². The Morgan fingerprint density at radius 1 is 1.43 bits per heavy atom. The molecule has 0 atom stereocenters. The predicted molar refractivity (Wildman–Crippen MR) is 75.9 cm³/mol. The van der Waals surface area contributed by atoms with E-state index in [1.807, 2.05) is 0 Å². The van der Waals surface area contributed by atoms with E-state index in [9.17, 15) is 14.0 Å². The molecule has 2 heterocycles. The van der Waals surface area contributed by atoms with Gasteiger partial charge in [-0.2, -0.15) is 0 Å². The average Bonchev–Trinajstić information content (AvgIpc) is 2.78. The van der Waals surface area contributed by atoms with Crippen molar-refractivity contribution in [3.8, 4) is 0 Å². The van der Waals surface area contributed by atoms with E-state index >= 15 is 0 Å². The molecule has 0 aliphatic carbocycles. The van der Waals surface area contributed by atoms with Gasteiger partial charge in [0.25, 0.3) is 5.91 Å². The van der Waals surface area contributed by atoms with Crippen LogP contribution in [0.15, 0.2) is 30.6 Å². The number of aromatic nitrogens is 1. The maximum absolute atomic E-state index is 13.5. The topological polar surface area (TPSA) is 71.1 Å². The van der Waals surface area contributed by atoms with Crippen LogP contribution in [-0.4, -0.2) is 16.8 Å². The zero-order valence-electron chi connectivity index (χ0n) is 10.6. The van der Waals surface area contributed by atoms with Crippen LogP contribution in [0.3, 0.4) is 0 Å². The Labute approximate surface area is 124 Å². The van der Waals surface area contributed by atoms with Crippen LogP contribution in [0.2, 0.25) is 5.02 Å². The summed E-state index contributed by atoms with van der Waals surface area (Å²) in [6.07, 6.45) is 2.51. The number of hydrogen-bond acceptors (Lipinski definition) is 3. The molecule has 2 amide bonds. The number of carbonyl (C=O) groups excluding carboxylic acids is 2. The lowest BCUT2D eigenvalue weighted by Crippen LogP contribution is -2.14. The molecule has 2 N–H and O–H groups in total. The second-order valence-corrected chi connectivity index (χ2v) is 4.93. The second-order valence-electron chi connectivity index (χ2n) is 4.52. The van der Waals surface area contributed by atoms with E-state index in [-0.39, 0.29) is 22.9 Å². The number of pyridine rings is 1. The van der Waals surface area contributed by atoms with Gasteiger partial charge in [-0.05, 0) is 23.8 Å². The highest BCUT2D eigenvalue weighted by atomic mass is 35.5. The first-order chi connectivity index (χ1) is 10.0. The molecule has 3 rings (SSSR count). The fraction of sp³-hybridized carbons (Fsp3) is 0.0714. The van der Waals surface area contributed by atoms with E-state index in [2.05, 4.69) is 15.6 Å². The largest absolute Gasteiger partial charge is 0.325 e. The Balaban J connectivity index is 1.89. The Morgan fingerprint density at radius 3 is 3.00 bits per heavy atom. The number of carbonyl (C=O) groups is 2. The number of rotatable bonds is 2. The molecule has 0 unspecified atom stereocenters. The summed E-state index contributed by atoms with van der Waals surface area (Å²) in [6.45, 7) is 0. The number of amides is 2. The fourth-order valence-corrected chi connectivity index (χ4v) is 2.30. The van der Waals surface area contributed by atoms with Crippen molar-refractivity contribution in [2.45, 2.75) is 6.42 Å². The molecule has 1 aromatic carbocycles. The molecular weight excluding hydrogens is 297 g/mol. The van der Waals surface area contributed by atoms with Crippen molar-refractivity contribution < 1.29 is 14.0 Å². The molecule has 1 aliphatic rings. The number of nitrogens with zero attached hydrogens (tertiary/aromatic N) is 1. The quantitative estimate of drug-likeness (QED) is 0.896. The van der Waals surface area contributed by atoms with Crippen LogP contribution in [0.25, 0.3) is 0 Å². The molecule has 0 fully saturated rings. The van der Waals surface area contributed by atoms with Gasteiger partial charge < -0.3 is 10.6 Å². The second kappa shape index (κ2) is 5.14. The first kappa shape index (κ1) is 13.5. The van der Waals surface area contributed by atoms with Crippen molar-refractivity contribution in [3.63, 3.8) is 0 Å². The molecular formula is C14H9ClFN3O2. The van der Waals surface area contributed by atoms with Gasteiger partial charge in [0.05, 0.1) is 28.9 Å². The number of fused-ring (bicyclic) bond motifs is 1. The zero-order valence-corrected chi connectivity index (χ0v) is 11.4. The van der Waals surface area contributed by atoms with Crippen LogP contribution >= 0.6 is 11.6 Å². The van der Waals surface area contributed by atoms with Crippen LogP contribution in [0.1, 0.15) is 15.9 Å². The molecule has 106 valence electrons. The first-order valence-electron chi connectivity index (χ1n) is 6.08. The molecule has 0 spiro atoms. The highest BCUT2D eigenvalue weighted by molar-refractivity contribution is 6.34. The molecule has 0 bridgehead atoms. The van der Waals surface area contributed by atoms with E-state index in [0.29, 0.717) is 11.4 Å². The minimum Gasteiger partial charge on any atom is -0.325 e. The fourth-order valence-electron chi connectivity index (χ4n) is 2.09. The lowest BCUT2D eigenvalue weighted by atomic mass is 10.1. The Hall–Kier alpha value is -2.47. The van der Waals surface area contributed by atoms with Crippen LogP contribution in [0.5, 0.6) is 0 Å². The lowest BCUT2D eigenvalue weighted by molar-refractivity contribution is -0.115. The van der Waals surface area contributed by atoms with E-state index in [4.69, 9.17) is 11.6 Å². The summed E-state index contributed by atoms with van der Waals surface area (Å²) in [5, 5.41) is 5.45. The van der Waals surface area contributed by atoms with E-state index < -0.39 is 11.7 Å². The lowest BCUT2D eigenvalue weighted by Gasteiger charge is -2.09. The number of nitrogens with one attached hydrogen (secondary N) is 2. The molecule has 2 aromatic rings. The minimum absolute atomic E-state index is 0.129. The van der Waals surface area contributed by atoms with Crippen LogP contribution in [-0.2, 0) is 11.2 Å². The zero-order chi connectivity index (χ0) is 15.0. The normalized spacial score (nSPS) is 12.8. The van der Waals surface area contributed by atoms with Gasteiger partial charge in [0, 0.05) is 11.9 Å². The summed E-state index contributed by atoms with van der Waals surface area (Å²) < 4.78 is 13.5. The maximum atomic E-state index is 13.5. The van der Waals surface area contributed by atoms with Gasteiger partial charge in [0.2, 0.25) is 5.91 Å². The SMILES string of the molecule is O=C1Cc2cc(NC(=O)c3ccncc3F)c(Cl)cc2N1. The van der Waals surface area contributed by atoms with Crippen molar-refractivity contribution in [1.82, 2.24) is 4.98 Å². The molecule has 21 heavy (non-hydrogen) atoms. The number of benzene rings is 1. The number of hydrogen-bond donors (Lipinski definition) is 2. The summed E-state index contributed by atoms with van der Waals surface area (Å²) in [7, 11) is 0. The Bertz CT molecular complexity index is 764. The summed E-state index contributed by atoms with van der Waals surface area (Å²) in [5.41, 5.74) is 1.55. The van der Waals surface area contributed by atoms with Crippen molar-refractivity contribution in [2.24, 2.45) is 0 Å². The third kappa shape index (κ3) is 2.57. The highest BCUT2D eigenvalue weighted by Crippen LogP contribution is 2.33. The smallest absolute Gasteiger partial charge is 0.258 e. The monoisotopic (exact) mass is 305 g/mol. The van der Waals surface area contributed by atoms with Crippen LogP contribution in [0, 0.1) is 5.82 Å². The van der Waals surface area contributed by atoms with Crippen molar-refractivity contribution in [2.75, 3.05) is 10.6 Å². The summed E-state index contributed by atoms with van der Waals surface area (Å²) in [4.78, 5) is 26.9. The molecule has 0 radical (unpaired) electrons. The van der Waals surface area contributed by atoms with E-state index in [0.717, 1.165) is 11.8 Å². The van der Waals surface area contributed by atoms with Crippen molar-refractivity contribution >= 4 is 34.8 Å². The molecule has 1 aliphatic heterocycles. The van der Waals surface area contributed by atoms with Gasteiger partial charge in [-0.25, -0.2) is 4.39 Å². The average molecular weight is 306 g/mol. The maximum Gasteiger partial charge on any atom is 0.258 e. The van der Waals surface area contributed by atoms with Gasteiger partial charge in [-0.1, -0.05) is 11.6 Å². The summed E-state index contributed by atoms with van der Waals surface area (Å²) in [6, 6.07) is 4.43. The third-order valence-corrected chi connectivity index (χ3v) is 3.40. The molecule has 0 saturated heterocycles. The van der Waals surface area contributed by atoms with Crippen LogP contribution < -0.4 is 10.6 Å². The molecule has 1 aromatic heterocycles. The van der Waals surface area contributed by atoms with Gasteiger partial charge in [-0.3, -0.25) is 14.6 Å². The van der Waals surface area contributed by atoms with Gasteiger partial charge in [0.15, 0.2) is 5.82 Å². The highest BCUT2D eigenvalue weighted by Gasteiger charge is 2.21. The summed E-state index contributed by atoms with van der Waals surface area (Å²) in [5.74, 6) is -1.48. The van der Waals surface area contributed by atoms with Gasteiger partial charge in [0.1, 0.15) is 0 Å².